The molecule has 1 aromatic carbocycles. The fourth-order valence-electron chi connectivity index (χ4n) is 5.21. The molecule has 2 N–H and O–H groups in total. The Bertz CT molecular complexity index is 1560. The Labute approximate surface area is 245 Å². The summed E-state index contributed by atoms with van der Waals surface area (Å²) in [5.41, 5.74) is 1.33. The Kier molecular flexibility index (Phi) is 8.95. The van der Waals surface area contributed by atoms with Crippen LogP contribution >= 0.6 is 11.3 Å². The second-order valence-corrected chi connectivity index (χ2v) is 11.2. The van der Waals surface area contributed by atoms with Crippen molar-refractivity contribution in [1.82, 2.24) is 20.1 Å². The van der Waals surface area contributed by atoms with E-state index in [9.17, 15) is 23.1 Å². The molecular weight excluding hydrogens is 569 g/mol. The van der Waals surface area contributed by atoms with Gasteiger partial charge in [-0.1, -0.05) is 12.1 Å². The van der Waals surface area contributed by atoms with Gasteiger partial charge in [0.1, 0.15) is 17.9 Å². The number of piperidine rings is 1. The second kappa shape index (κ2) is 12.6. The van der Waals surface area contributed by atoms with Crippen molar-refractivity contribution in [2.24, 2.45) is 0 Å². The van der Waals surface area contributed by atoms with Gasteiger partial charge < -0.3 is 19.9 Å². The normalized spacial score (nSPS) is 14.2. The van der Waals surface area contributed by atoms with Gasteiger partial charge in [-0.2, -0.15) is 18.3 Å². The van der Waals surface area contributed by atoms with Crippen LogP contribution in [0.4, 0.5) is 13.2 Å². The van der Waals surface area contributed by atoms with Gasteiger partial charge in [0.25, 0.3) is 0 Å². The smallest absolute Gasteiger partial charge is 0.434 e. The summed E-state index contributed by atoms with van der Waals surface area (Å²) in [5, 5.41) is 17.2. The van der Waals surface area contributed by atoms with Gasteiger partial charge >= 0.3 is 12.1 Å². The van der Waals surface area contributed by atoms with Gasteiger partial charge in [0, 0.05) is 10.4 Å². The standard InChI is InChI=1S/C30H31F3N4O4S/c1-3-40-29(39)24-15-35-37(28(24)30(31,32)33)26-6-4-5-25(36-26)27-21(13-18(2)42-27)17-41-22-7-8-23(20(14-22)16-38)19-9-11-34-12-10-19/h4-8,13-15,19,34,38H,3,9-12,16-17H2,1-2H3. The first-order valence-corrected chi connectivity index (χ1v) is 14.5. The Balaban J connectivity index is 1.41. The van der Waals surface area contributed by atoms with Gasteiger partial charge in [-0.05, 0) is 87.2 Å². The number of aryl methyl sites for hydroxylation is 1. The number of hydrogen-bond donors (Lipinski definition) is 2. The highest BCUT2D eigenvalue weighted by atomic mass is 32.1. The number of rotatable bonds is 9. The zero-order valence-corrected chi connectivity index (χ0v) is 24.0. The van der Waals surface area contributed by atoms with Crippen LogP contribution < -0.4 is 10.1 Å². The lowest BCUT2D eigenvalue weighted by Crippen LogP contribution is -2.27. The third kappa shape index (κ3) is 6.35. The molecule has 1 saturated heterocycles. The van der Waals surface area contributed by atoms with Crippen molar-refractivity contribution in [3.63, 3.8) is 0 Å². The number of pyridine rings is 1. The highest BCUT2D eigenvalue weighted by Gasteiger charge is 2.41. The fourth-order valence-corrected chi connectivity index (χ4v) is 6.20. The number of aliphatic hydroxyl groups excluding tert-OH is 1. The molecule has 0 amide bonds. The number of nitrogens with zero attached hydrogens (tertiary/aromatic N) is 3. The molecule has 0 atom stereocenters. The van der Waals surface area contributed by atoms with E-state index in [4.69, 9.17) is 9.47 Å². The van der Waals surface area contributed by atoms with Crippen LogP contribution in [0, 0.1) is 6.92 Å². The van der Waals surface area contributed by atoms with Gasteiger partial charge in [-0.25, -0.2) is 14.5 Å². The van der Waals surface area contributed by atoms with Crippen LogP contribution in [0.5, 0.6) is 5.75 Å². The molecule has 12 heteroatoms. The molecule has 42 heavy (non-hydrogen) atoms. The van der Waals surface area contributed by atoms with Crippen molar-refractivity contribution < 1.29 is 32.5 Å². The van der Waals surface area contributed by atoms with E-state index in [0.717, 1.165) is 58.6 Å². The lowest BCUT2D eigenvalue weighted by atomic mass is 9.87. The minimum atomic E-state index is -4.87. The number of benzene rings is 1. The average Bonchev–Trinajstić information content (AvgIpc) is 3.61. The Morgan fingerprint density at radius 3 is 2.67 bits per heavy atom. The number of nitrogens with one attached hydrogen (secondary N) is 1. The van der Waals surface area contributed by atoms with E-state index >= 15 is 0 Å². The number of ether oxygens (including phenoxy) is 2. The van der Waals surface area contributed by atoms with Crippen molar-refractivity contribution in [2.75, 3.05) is 19.7 Å². The molecule has 0 aliphatic carbocycles. The van der Waals surface area contributed by atoms with Crippen LogP contribution in [0.15, 0.2) is 48.7 Å². The Morgan fingerprint density at radius 1 is 1.17 bits per heavy atom. The van der Waals surface area contributed by atoms with Gasteiger partial charge in [0.2, 0.25) is 0 Å². The first-order chi connectivity index (χ1) is 20.2. The van der Waals surface area contributed by atoms with Crippen molar-refractivity contribution in [3.8, 4) is 22.1 Å². The van der Waals surface area contributed by atoms with Crippen LogP contribution in [0.25, 0.3) is 16.4 Å². The number of aliphatic hydroxyl groups is 1. The largest absolute Gasteiger partial charge is 0.489 e. The van der Waals surface area contributed by atoms with Crippen molar-refractivity contribution in [2.45, 2.75) is 52.0 Å². The summed E-state index contributed by atoms with van der Waals surface area (Å²) in [6.07, 6.45) is -1.99. The van der Waals surface area contributed by atoms with Crippen molar-refractivity contribution in [3.05, 3.63) is 81.5 Å². The van der Waals surface area contributed by atoms with E-state index in [0.29, 0.717) is 22.0 Å². The van der Waals surface area contributed by atoms with Crippen LogP contribution in [0.1, 0.15) is 63.3 Å². The molecular formula is C30H31F3N4O4S. The topological polar surface area (TPSA) is 98.5 Å². The minimum Gasteiger partial charge on any atom is -0.489 e. The number of carbonyl (C=O) groups excluding carboxylic acids is 1. The molecule has 0 radical (unpaired) electrons. The molecule has 1 fully saturated rings. The van der Waals surface area contributed by atoms with Gasteiger partial charge in [-0.15, -0.1) is 11.3 Å². The average molecular weight is 601 g/mol. The molecule has 4 aromatic rings. The zero-order chi connectivity index (χ0) is 29.9. The third-order valence-corrected chi connectivity index (χ3v) is 8.22. The lowest BCUT2D eigenvalue weighted by Gasteiger charge is -2.25. The highest BCUT2D eigenvalue weighted by Crippen LogP contribution is 2.36. The number of alkyl halides is 3. The predicted octanol–water partition coefficient (Wildman–Crippen LogP) is 6.04. The lowest BCUT2D eigenvalue weighted by molar-refractivity contribution is -0.143. The number of hydrogen-bond acceptors (Lipinski definition) is 8. The maximum Gasteiger partial charge on any atom is 0.434 e. The summed E-state index contributed by atoms with van der Waals surface area (Å²) in [7, 11) is 0. The maximum atomic E-state index is 14.0. The first-order valence-electron chi connectivity index (χ1n) is 13.7. The van der Waals surface area contributed by atoms with E-state index in [1.54, 1.807) is 12.1 Å². The first kappa shape index (κ1) is 29.7. The van der Waals surface area contributed by atoms with E-state index < -0.39 is 23.4 Å². The van der Waals surface area contributed by atoms with Crippen molar-refractivity contribution >= 4 is 17.3 Å². The van der Waals surface area contributed by atoms with Crippen LogP contribution in [-0.4, -0.2) is 45.5 Å². The second-order valence-electron chi connectivity index (χ2n) is 9.96. The Morgan fingerprint density at radius 2 is 1.95 bits per heavy atom. The van der Waals surface area contributed by atoms with Gasteiger partial charge in [0.15, 0.2) is 11.5 Å². The number of esters is 1. The molecule has 0 unspecified atom stereocenters. The molecule has 0 saturated carbocycles. The quantitative estimate of drug-likeness (QED) is 0.226. The molecule has 222 valence electrons. The van der Waals surface area contributed by atoms with E-state index in [-0.39, 0.29) is 25.6 Å². The summed E-state index contributed by atoms with van der Waals surface area (Å²) in [6, 6.07) is 12.5. The third-order valence-electron chi connectivity index (χ3n) is 7.11. The van der Waals surface area contributed by atoms with Gasteiger partial charge in [-0.3, -0.25) is 0 Å². The molecule has 0 spiro atoms. The van der Waals surface area contributed by atoms with E-state index in [1.165, 1.54) is 24.3 Å². The van der Waals surface area contributed by atoms with Crippen LogP contribution in [0.3, 0.4) is 0 Å². The van der Waals surface area contributed by atoms with Gasteiger partial charge in [0.05, 0.1) is 30.0 Å². The van der Waals surface area contributed by atoms with Crippen LogP contribution in [-0.2, 0) is 24.1 Å². The van der Waals surface area contributed by atoms with Crippen LogP contribution in [0.2, 0.25) is 0 Å². The predicted molar refractivity (Wildman–Crippen MR) is 152 cm³/mol. The van der Waals surface area contributed by atoms with E-state index in [1.807, 2.05) is 31.2 Å². The molecule has 1 aliphatic rings. The maximum absolute atomic E-state index is 14.0. The molecule has 3 aromatic heterocycles. The molecule has 0 bridgehead atoms. The number of thiophene rings is 1. The van der Waals surface area contributed by atoms with Crippen molar-refractivity contribution in [1.29, 1.82) is 0 Å². The molecule has 5 rings (SSSR count). The Hall–Kier alpha value is -3.74. The summed E-state index contributed by atoms with van der Waals surface area (Å²) < 4.78 is 53.6. The molecule has 8 nitrogen and oxygen atoms in total. The fraction of sp³-hybridized carbons (Fsp3) is 0.367. The summed E-state index contributed by atoms with van der Waals surface area (Å²) in [4.78, 5) is 18.4. The number of halogens is 3. The summed E-state index contributed by atoms with van der Waals surface area (Å²) >= 11 is 1.45. The minimum absolute atomic E-state index is 0.0681. The monoisotopic (exact) mass is 600 g/mol. The van der Waals surface area contributed by atoms with E-state index in [2.05, 4.69) is 15.4 Å². The summed E-state index contributed by atoms with van der Waals surface area (Å²) in [5.74, 6) is -0.179. The number of carbonyl (C=O) groups is 1. The number of aromatic nitrogens is 3. The SMILES string of the molecule is CCOC(=O)c1cnn(-c2cccc(-c3sc(C)cc3COc3ccc(C4CCNCC4)c(CO)c3)n2)c1C(F)(F)F. The molecule has 4 heterocycles. The summed E-state index contributed by atoms with van der Waals surface area (Å²) in [6.45, 7) is 5.40. The highest BCUT2D eigenvalue weighted by molar-refractivity contribution is 7.15. The zero-order valence-electron chi connectivity index (χ0n) is 23.2. The molecule has 1 aliphatic heterocycles.